The van der Waals surface area contributed by atoms with Gasteiger partial charge in [0.15, 0.2) is 0 Å². The van der Waals surface area contributed by atoms with Gasteiger partial charge in [0.05, 0.1) is 0 Å². The summed E-state index contributed by atoms with van der Waals surface area (Å²) in [5.74, 6) is -0.983. The fourth-order valence-electron chi connectivity index (χ4n) is 3.19. The first kappa shape index (κ1) is 14.1. The highest BCUT2D eigenvalue weighted by molar-refractivity contribution is 5.90. The van der Waals surface area contributed by atoms with E-state index < -0.39 is 12.0 Å². The van der Waals surface area contributed by atoms with Crippen LogP contribution in [0.2, 0.25) is 0 Å². The van der Waals surface area contributed by atoms with Gasteiger partial charge in [-0.1, -0.05) is 6.92 Å². The van der Waals surface area contributed by atoms with E-state index in [1.54, 1.807) is 0 Å². The Labute approximate surface area is 124 Å². The lowest BCUT2D eigenvalue weighted by atomic mass is 10.0. The Morgan fingerprint density at radius 1 is 1.38 bits per heavy atom. The Morgan fingerprint density at radius 3 is 2.67 bits per heavy atom. The zero-order valence-corrected chi connectivity index (χ0v) is 12.5. The molecule has 0 bridgehead atoms. The first-order chi connectivity index (χ1) is 10.0. The van der Waals surface area contributed by atoms with Crippen molar-refractivity contribution in [3.8, 4) is 0 Å². The summed E-state index contributed by atoms with van der Waals surface area (Å²) in [7, 11) is 2.09. The van der Waals surface area contributed by atoms with Crippen molar-refractivity contribution in [2.45, 2.75) is 39.0 Å². The van der Waals surface area contributed by atoms with Gasteiger partial charge < -0.3 is 15.4 Å². The number of rotatable bonds is 4. The van der Waals surface area contributed by atoms with Crippen LogP contribution in [-0.2, 0) is 24.4 Å². The van der Waals surface area contributed by atoms with Gasteiger partial charge in [0.25, 0.3) is 0 Å². The maximum Gasteiger partial charge on any atom is 0.325 e. The van der Waals surface area contributed by atoms with Crippen LogP contribution in [0.5, 0.6) is 0 Å². The number of benzene rings is 1. The molecule has 2 heterocycles. The van der Waals surface area contributed by atoms with E-state index in [-0.39, 0.29) is 0 Å². The number of hydrogen-bond donors (Lipinski definition) is 2. The molecule has 3 rings (SSSR count). The molecule has 21 heavy (non-hydrogen) atoms. The summed E-state index contributed by atoms with van der Waals surface area (Å²) in [4.78, 5) is 13.5. The average molecular weight is 287 g/mol. The number of nitrogens with two attached hydrogens (primary N) is 1. The van der Waals surface area contributed by atoms with Crippen molar-refractivity contribution in [2.24, 2.45) is 5.73 Å². The van der Waals surface area contributed by atoms with Crippen LogP contribution in [0.1, 0.15) is 36.1 Å². The molecule has 0 fully saturated rings. The zero-order chi connectivity index (χ0) is 15.1. The van der Waals surface area contributed by atoms with E-state index in [2.05, 4.69) is 35.6 Å². The lowest BCUT2D eigenvalue weighted by Gasteiger charge is -2.06. The van der Waals surface area contributed by atoms with E-state index in [9.17, 15) is 9.90 Å². The predicted molar refractivity (Wildman–Crippen MR) is 82.0 cm³/mol. The minimum atomic E-state index is -0.983. The number of carboxylic acids is 1. The molecular weight excluding hydrogens is 266 g/mol. The maximum absolute atomic E-state index is 11.3. The molecule has 112 valence electrons. The molecule has 2 aromatic rings. The average Bonchev–Trinajstić information content (AvgIpc) is 2.95. The Morgan fingerprint density at radius 2 is 2.05 bits per heavy atom. The van der Waals surface area contributed by atoms with Crippen LogP contribution >= 0.6 is 0 Å². The number of carboxylic acid groups (broad SMARTS) is 1. The van der Waals surface area contributed by atoms with Gasteiger partial charge in [0, 0.05) is 42.3 Å². The van der Waals surface area contributed by atoms with Crippen LogP contribution in [0.4, 0.5) is 0 Å². The zero-order valence-electron chi connectivity index (χ0n) is 12.5. The number of nitrogens with zero attached hydrogens (tertiary/aromatic N) is 2. The minimum Gasteiger partial charge on any atom is -0.480 e. The fourth-order valence-corrected chi connectivity index (χ4v) is 3.19. The summed E-state index contributed by atoms with van der Waals surface area (Å²) in [6, 6.07) is 3.35. The third-order valence-electron chi connectivity index (χ3n) is 4.18. The largest absolute Gasteiger partial charge is 0.480 e. The lowest BCUT2D eigenvalue weighted by Crippen LogP contribution is -2.20. The van der Waals surface area contributed by atoms with Crippen molar-refractivity contribution in [1.29, 1.82) is 0 Å². The molecule has 3 N–H and O–H groups in total. The summed E-state index contributed by atoms with van der Waals surface area (Å²) in [5.41, 5.74) is 10.3. The quantitative estimate of drug-likeness (QED) is 0.903. The molecule has 5 heteroatoms. The Kier molecular flexibility index (Phi) is 3.47. The van der Waals surface area contributed by atoms with E-state index in [0.29, 0.717) is 5.56 Å². The molecular formula is C16H21N3O2. The number of aliphatic carboxylic acids is 1. The second-order valence-corrected chi connectivity index (χ2v) is 5.90. The molecule has 0 radical (unpaired) electrons. The van der Waals surface area contributed by atoms with Gasteiger partial charge in [0.2, 0.25) is 0 Å². The molecule has 0 aliphatic carbocycles. The van der Waals surface area contributed by atoms with Crippen LogP contribution in [-0.4, -0.2) is 27.6 Å². The van der Waals surface area contributed by atoms with Gasteiger partial charge in [0.1, 0.15) is 6.04 Å². The number of carbonyl (C=O) groups is 1. The first-order valence-electron chi connectivity index (χ1n) is 7.32. The van der Waals surface area contributed by atoms with E-state index in [0.717, 1.165) is 37.0 Å². The van der Waals surface area contributed by atoms with Gasteiger partial charge in [-0.3, -0.25) is 9.69 Å². The van der Waals surface area contributed by atoms with Crippen molar-refractivity contribution in [3.05, 3.63) is 35.0 Å². The van der Waals surface area contributed by atoms with Crippen LogP contribution in [0.3, 0.4) is 0 Å². The Hall–Kier alpha value is -1.85. The van der Waals surface area contributed by atoms with Crippen molar-refractivity contribution in [1.82, 2.24) is 9.47 Å². The number of aromatic nitrogens is 1. The molecule has 0 amide bonds. The third kappa shape index (κ3) is 2.32. The van der Waals surface area contributed by atoms with Gasteiger partial charge in [-0.15, -0.1) is 0 Å². The standard InChI is InChI=1S/C16H21N3O2/c1-3-4-19-9-13(15(17)16(20)21)12-5-10-7-18(2)8-11(10)6-14(12)19/h5-6,9,15H,3-4,7-8,17H2,1-2H3,(H,20,21). The summed E-state index contributed by atoms with van der Waals surface area (Å²) < 4.78 is 2.13. The van der Waals surface area contributed by atoms with E-state index in [4.69, 9.17) is 5.73 Å². The van der Waals surface area contributed by atoms with Gasteiger partial charge in [-0.2, -0.15) is 0 Å². The Balaban J connectivity index is 2.20. The maximum atomic E-state index is 11.3. The second-order valence-electron chi connectivity index (χ2n) is 5.90. The topological polar surface area (TPSA) is 71.5 Å². The monoisotopic (exact) mass is 287 g/mol. The molecule has 0 saturated carbocycles. The van der Waals surface area contributed by atoms with Crippen LogP contribution < -0.4 is 5.73 Å². The molecule has 5 nitrogen and oxygen atoms in total. The molecule has 1 aliphatic heterocycles. The third-order valence-corrected chi connectivity index (χ3v) is 4.18. The normalized spacial score (nSPS) is 16.3. The van der Waals surface area contributed by atoms with Crippen LogP contribution in [0.25, 0.3) is 10.9 Å². The molecule has 0 saturated heterocycles. The van der Waals surface area contributed by atoms with Crippen molar-refractivity contribution < 1.29 is 9.90 Å². The van der Waals surface area contributed by atoms with E-state index in [1.807, 2.05) is 6.20 Å². The summed E-state index contributed by atoms with van der Waals surface area (Å²) >= 11 is 0. The molecule has 1 aromatic heterocycles. The van der Waals surface area contributed by atoms with Crippen molar-refractivity contribution in [3.63, 3.8) is 0 Å². The number of aryl methyl sites for hydroxylation is 1. The SMILES string of the molecule is CCCn1cc(C(N)C(=O)O)c2cc3c(cc21)CN(C)C3. The fraction of sp³-hybridized carbons (Fsp3) is 0.438. The second kappa shape index (κ2) is 5.16. The summed E-state index contributed by atoms with van der Waals surface area (Å²) in [5, 5.41) is 10.2. The molecule has 1 aromatic carbocycles. The van der Waals surface area contributed by atoms with E-state index in [1.165, 1.54) is 11.1 Å². The summed E-state index contributed by atoms with van der Waals surface area (Å²) in [6.07, 6.45) is 2.91. The van der Waals surface area contributed by atoms with E-state index >= 15 is 0 Å². The number of fused-ring (bicyclic) bond motifs is 2. The van der Waals surface area contributed by atoms with Crippen molar-refractivity contribution in [2.75, 3.05) is 7.05 Å². The van der Waals surface area contributed by atoms with Gasteiger partial charge >= 0.3 is 5.97 Å². The Bertz CT molecular complexity index is 705. The molecule has 1 aliphatic rings. The lowest BCUT2D eigenvalue weighted by molar-refractivity contribution is -0.138. The van der Waals surface area contributed by atoms with Crippen molar-refractivity contribution >= 4 is 16.9 Å². The number of hydrogen-bond acceptors (Lipinski definition) is 3. The van der Waals surface area contributed by atoms with Gasteiger partial charge in [-0.25, -0.2) is 0 Å². The first-order valence-corrected chi connectivity index (χ1v) is 7.32. The smallest absolute Gasteiger partial charge is 0.325 e. The highest BCUT2D eigenvalue weighted by atomic mass is 16.4. The highest BCUT2D eigenvalue weighted by Gasteiger charge is 2.23. The highest BCUT2D eigenvalue weighted by Crippen LogP contribution is 2.32. The van der Waals surface area contributed by atoms with Gasteiger partial charge in [-0.05, 0) is 36.7 Å². The van der Waals surface area contributed by atoms with Crippen LogP contribution in [0, 0.1) is 0 Å². The predicted octanol–water partition coefficient (Wildman–Crippen LogP) is 2.08. The van der Waals surface area contributed by atoms with Crippen LogP contribution in [0.15, 0.2) is 18.3 Å². The molecule has 1 unspecified atom stereocenters. The molecule has 1 atom stereocenters. The molecule has 0 spiro atoms. The summed E-state index contributed by atoms with van der Waals surface area (Å²) in [6.45, 7) is 4.84. The minimum absolute atomic E-state index is 0.711.